The van der Waals surface area contributed by atoms with Gasteiger partial charge in [0, 0.05) is 30.0 Å². The summed E-state index contributed by atoms with van der Waals surface area (Å²) in [6.45, 7) is 1.36. The second-order valence-corrected chi connectivity index (χ2v) is 5.53. The number of fused-ring (bicyclic) bond motifs is 2. The molecule has 3 heterocycles. The molecular formula is C14H20N2O3. The summed E-state index contributed by atoms with van der Waals surface area (Å²) >= 11 is 0. The third-order valence-corrected chi connectivity index (χ3v) is 4.42. The SMILES string of the molecule is COc1ccncc1C1(O)CC2COCC(C1)N2C. The van der Waals surface area contributed by atoms with Gasteiger partial charge in [0.1, 0.15) is 5.75 Å². The molecular weight excluding hydrogens is 244 g/mol. The lowest BCUT2D eigenvalue weighted by Gasteiger charge is -2.50. The molecule has 19 heavy (non-hydrogen) atoms. The first-order valence-electron chi connectivity index (χ1n) is 6.64. The van der Waals surface area contributed by atoms with E-state index in [1.165, 1.54) is 0 Å². The first-order chi connectivity index (χ1) is 9.14. The second kappa shape index (κ2) is 4.74. The van der Waals surface area contributed by atoms with Crippen molar-refractivity contribution in [3.63, 3.8) is 0 Å². The van der Waals surface area contributed by atoms with E-state index in [9.17, 15) is 5.11 Å². The minimum Gasteiger partial charge on any atom is -0.496 e. The number of nitrogens with zero attached hydrogens (tertiary/aromatic N) is 2. The molecule has 2 unspecified atom stereocenters. The highest BCUT2D eigenvalue weighted by Crippen LogP contribution is 2.42. The molecule has 0 aliphatic carbocycles. The van der Waals surface area contributed by atoms with Gasteiger partial charge >= 0.3 is 0 Å². The zero-order valence-corrected chi connectivity index (χ0v) is 11.4. The summed E-state index contributed by atoms with van der Waals surface area (Å²) in [4.78, 5) is 6.46. The quantitative estimate of drug-likeness (QED) is 0.855. The second-order valence-electron chi connectivity index (χ2n) is 5.53. The zero-order chi connectivity index (χ0) is 13.5. The molecule has 5 heteroatoms. The van der Waals surface area contributed by atoms with E-state index >= 15 is 0 Å². The average Bonchev–Trinajstić information content (AvgIpc) is 2.41. The number of aliphatic hydroxyl groups is 1. The lowest BCUT2D eigenvalue weighted by molar-refractivity contribution is -0.138. The number of morpholine rings is 1. The molecule has 2 bridgehead atoms. The topological polar surface area (TPSA) is 54.8 Å². The van der Waals surface area contributed by atoms with Crippen LogP contribution in [0.25, 0.3) is 0 Å². The number of ether oxygens (including phenoxy) is 2. The number of hydrogen-bond acceptors (Lipinski definition) is 5. The van der Waals surface area contributed by atoms with Gasteiger partial charge in [0.25, 0.3) is 0 Å². The Kier molecular flexibility index (Phi) is 3.20. The standard InChI is InChI=1S/C14H20N2O3/c1-16-10-5-14(17,6-11(16)9-19-8-10)12-7-15-4-3-13(12)18-2/h3-4,7,10-11,17H,5-6,8-9H2,1-2H3. The Morgan fingerprint density at radius 1 is 1.42 bits per heavy atom. The van der Waals surface area contributed by atoms with Gasteiger partial charge in [0.05, 0.1) is 25.9 Å². The fourth-order valence-electron chi connectivity index (χ4n) is 3.27. The molecule has 2 saturated heterocycles. The minimum atomic E-state index is -0.870. The molecule has 5 nitrogen and oxygen atoms in total. The lowest BCUT2D eigenvalue weighted by atomic mass is 9.77. The van der Waals surface area contributed by atoms with Gasteiger partial charge in [-0.1, -0.05) is 0 Å². The van der Waals surface area contributed by atoms with E-state index in [1.54, 1.807) is 25.6 Å². The first-order valence-corrected chi connectivity index (χ1v) is 6.64. The Labute approximate surface area is 113 Å². The fourth-order valence-corrected chi connectivity index (χ4v) is 3.27. The molecule has 3 rings (SSSR count). The summed E-state index contributed by atoms with van der Waals surface area (Å²) < 4.78 is 11.0. The van der Waals surface area contributed by atoms with Crippen LogP contribution in [-0.2, 0) is 10.3 Å². The van der Waals surface area contributed by atoms with Crippen LogP contribution in [0.4, 0.5) is 0 Å². The van der Waals surface area contributed by atoms with E-state index in [0.717, 1.165) is 5.56 Å². The molecule has 0 radical (unpaired) electrons. The Morgan fingerprint density at radius 3 is 2.74 bits per heavy atom. The monoisotopic (exact) mass is 264 g/mol. The maximum atomic E-state index is 11.1. The number of likely N-dealkylation sites (N-methyl/N-ethyl adjacent to an activating group) is 1. The van der Waals surface area contributed by atoms with Crippen molar-refractivity contribution in [1.29, 1.82) is 0 Å². The molecule has 0 amide bonds. The van der Waals surface area contributed by atoms with Crippen LogP contribution in [0.5, 0.6) is 5.75 Å². The Bertz CT molecular complexity index is 452. The number of rotatable bonds is 2. The molecule has 2 aliphatic rings. The minimum absolute atomic E-state index is 0.252. The third-order valence-electron chi connectivity index (χ3n) is 4.42. The van der Waals surface area contributed by atoms with Crippen LogP contribution in [0.15, 0.2) is 18.5 Å². The number of aromatic nitrogens is 1. The largest absolute Gasteiger partial charge is 0.496 e. The van der Waals surface area contributed by atoms with Crippen LogP contribution in [0.1, 0.15) is 18.4 Å². The highest BCUT2D eigenvalue weighted by Gasteiger charge is 2.46. The molecule has 2 fully saturated rings. The van der Waals surface area contributed by atoms with Gasteiger partial charge in [-0.15, -0.1) is 0 Å². The van der Waals surface area contributed by atoms with Crippen LogP contribution in [-0.4, -0.2) is 54.4 Å². The van der Waals surface area contributed by atoms with Crippen molar-refractivity contribution in [3.8, 4) is 5.75 Å². The van der Waals surface area contributed by atoms with Gasteiger partial charge in [-0.2, -0.15) is 0 Å². The maximum absolute atomic E-state index is 11.1. The molecule has 2 atom stereocenters. The van der Waals surface area contributed by atoms with E-state index in [-0.39, 0.29) is 12.1 Å². The molecule has 1 aromatic rings. The maximum Gasteiger partial charge on any atom is 0.128 e. The van der Waals surface area contributed by atoms with E-state index in [4.69, 9.17) is 9.47 Å². The summed E-state index contributed by atoms with van der Waals surface area (Å²) in [6, 6.07) is 2.31. The molecule has 104 valence electrons. The van der Waals surface area contributed by atoms with Crippen molar-refractivity contribution in [2.45, 2.75) is 30.5 Å². The summed E-state index contributed by atoms with van der Waals surface area (Å²) in [6.07, 6.45) is 4.72. The molecule has 0 spiro atoms. The Hall–Kier alpha value is -1.17. The van der Waals surface area contributed by atoms with Crippen LogP contribution in [0.2, 0.25) is 0 Å². The summed E-state index contributed by atoms with van der Waals surface area (Å²) in [5.41, 5.74) is -0.0758. The molecule has 0 aromatic carbocycles. The Balaban J connectivity index is 1.95. The normalized spacial score (nSPS) is 35.1. The average molecular weight is 264 g/mol. The number of hydrogen-bond donors (Lipinski definition) is 1. The van der Waals surface area contributed by atoms with Gasteiger partial charge in [-0.25, -0.2) is 0 Å². The van der Waals surface area contributed by atoms with Crippen molar-refractivity contribution in [1.82, 2.24) is 9.88 Å². The highest BCUT2D eigenvalue weighted by molar-refractivity contribution is 5.36. The number of piperidine rings is 1. The van der Waals surface area contributed by atoms with Crippen LogP contribution >= 0.6 is 0 Å². The van der Waals surface area contributed by atoms with Crippen molar-refractivity contribution in [2.75, 3.05) is 27.4 Å². The molecule has 0 saturated carbocycles. The smallest absolute Gasteiger partial charge is 0.128 e. The first kappa shape index (κ1) is 12.8. The highest BCUT2D eigenvalue weighted by atomic mass is 16.5. The van der Waals surface area contributed by atoms with E-state index in [2.05, 4.69) is 16.9 Å². The molecule has 1 aromatic heterocycles. The van der Waals surface area contributed by atoms with Crippen molar-refractivity contribution < 1.29 is 14.6 Å². The van der Waals surface area contributed by atoms with Gasteiger partial charge in [-0.3, -0.25) is 9.88 Å². The van der Waals surface area contributed by atoms with Gasteiger partial charge in [0.15, 0.2) is 0 Å². The van der Waals surface area contributed by atoms with Crippen LogP contribution in [0, 0.1) is 0 Å². The molecule has 2 aliphatic heterocycles. The van der Waals surface area contributed by atoms with Crippen molar-refractivity contribution in [2.24, 2.45) is 0 Å². The van der Waals surface area contributed by atoms with E-state index < -0.39 is 5.60 Å². The van der Waals surface area contributed by atoms with Crippen molar-refractivity contribution in [3.05, 3.63) is 24.0 Å². The summed E-state index contributed by atoms with van der Waals surface area (Å²) in [5, 5.41) is 11.1. The fraction of sp³-hybridized carbons (Fsp3) is 0.643. The van der Waals surface area contributed by atoms with Gasteiger partial charge in [-0.05, 0) is 26.0 Å². The van der Waals surface area contributed by atoms with Crippen LogP contribution in [0.3, 0.4) is 0 Å². The number of pyridine rings is 1. The summed E-state index contributed by atoms with van der Waals surface area (Å²) in [7, 11) is 3.74. The van der Waals surface area contributed by atoms with Gasteiger partial charge < -0.3 is 14.6 Å². The summed E-state index contributed by atoms with van der Waals surface area (Å²) in [5.74, 6) is 0.709. The van der Waals surface area contributed by atoms with E-state index in [0.29, 0.717) is 31.8 Å². The van der Waals surface area contributed by atoms with Crippen LogP contribution < -0.4 is 4.74 Å². The lowest BCUT2D eigenvalue weighted by Crippen LogP contribution is -2.59. The molecule has 1 N–H and O–H groups in total. The predicted molar refractivity (Wildman–Crippen MR) is 70.1 cm³/mol. The number of methoxy groups -OCH3 is 1. The Morgan fingerprint density at radius 2 is 2.11 bits per heavy atom. The third kappa shape index (κ3) is 2.12. The predicted octanol–water partition coefficient (Wildman–Crippen LogP) is 0.771. The van der Waals surface area contributed by atoms with E-state index in [1.807, 2.05) is 0 Å². The van der Waals surface area contributed by atoms with Gasteiger partial charge in [0.2, 0.25) is 0 Å². The zero-order valence-electron chi connectivity index (χ0n) is 11.4. The van der Waals surface area contributed by atoms with Crippen molar-refractivity contribution >= 4 is 0 Å².